The maximum absolute atomic E-state index is 11.1. The molecule has 0 aromatic carbocycles. The van der Waals surface area contributed by atoms with E-state index < -0.39 is 22.3 Å². The van der Waals surface area contributed by atoms with E-state index in [2.05, 4.69) is 4.99 Å². The molecule has 0 spiro atoms. The zero-order valence-corrected chi connectivity index (χ0v) is 6.90. The van der Waals surface area contributed by atoms with Gasteiger partial charge in [0.25, 0.3) is 0 Å². The standard InChI is InChI=1S/C7H9N2O3/c1-5(10)9(6(2)11)4-3-8-7(9)12/h3H,4H2,1-2H3/q+1. The number of nitrogens with zero attached hydrogens (tertiary/aromatic N) is 2. The molecule has 5 nitrogen and oxygen atoms in total. The molecular formula is C7H9N2O3+. The van der Waals surface area contributed by atoms with E-state index in [1.165, 1.54) is 20.1 Å². The molecule has 1 aliphatic heterocycles. The zero-order valence-electron chi connectivity index (χ0n) is 6.90. The molecule has 0 atom stereocenters. The van der Waals surface area contributed by atoms with Gasteiger partial charge in [0.2, 0.25) is 0 Å². The molecule has 0 saturated carbocycles. The molecule has 0 N–H and O–H groups in total. The third kappa shape index (κ3) is 0.902. The Hall–Kier alpha value is -1.36. The van der Waals surface area contributed by atoms with E-state index in [9.17, 15) is 14.4 Å². The summed E-state index contributed by atoms with van der Waals surface area (Å²) in [6.45, 7) is 2.49. The molecule has 0 radical (unpaired) electrons. The normalized spacial score (nSPS) is 19.7. The Bertz CT molecular complexity index is 279. The Balaban J connectivity index is 3.14. The molecule has 0 unspecified atom stereocenters. The molecule has 1 aliphatic rings. The first-order chi connectivity index (χ1) is 5.51. The van der Waals surface area contributed by atoms with Gasteiger partial charge in [-0.25, -0.2) is 14.4 Å². The molecule has 0 aromatic rings. The molecule has 0 saturated heterocycles. The largest absolute Gasteiger partial charge is 0.457 e. The summed E-state index contributed by atoms with van der Waals surface area (Å²) in [5.74, 6) is -0.963. The van der Waals surface area contributed by atoms with Gasteiger partial charge < -0.3 is 0 Å². The predicted molar refractivity (Wildman–Crippen MR) is 40.4 cm³/mol. The van der Waals surface area contributed by atoms with Crippen LogP contribution in [-0.4, -0.2) is 35.1 Å². The van der Waals surface area contributed by atoms with Crippen molar-refractivity contribution in [1.29, 1.82) is 0 Å². The number of quaternary nitrogens is 1. The van der Waals surface area contributed by atoms with Crippen molar-refractivity contribution in [3.8, 4) is 0 Å². The molecule has 64 valence electrons. The first-order valence-electron chi connectivity index (χ1n) is 3.49. The number of amides is 4. The lowest BCUT2D eigenvalue weighted by Crippen LogP contribution is -2.56. The van der Waals surface area contributed by atoms with Crippen molar-refractivity contribution >= 4 is 24.1 Å². The van der Waals surface area contributed by atoms with E-state index in [1.54, 1.807) is 0 Å². The molecule has 5 heteroatoms. The molecule has 0 aliphatic carbocycles. The fourth-order valence-electron chi connectivity index (χ4n) is 1.17. The Morgan fingerprint density at radius 3 is 2.08 bits per heavy atom. The van der Waals surface area contributed by atoms with Gasteiger partial charge in [-0.3, -0.25) is 0 Å². The van der Waals surface area contributed by atoms with Crippen molar-refractivity contribution in [2.45, 2.75) is 13.8 Å². The van der Waals surface area contributed by atoms with Crippen molar-refractivity contribution in [2.75, 3.05) is 6.54 Å². The highest BCUT2D eigenvalue weighted by Gasteiger charge is 2.49. The van der Waals surface area contributed by atoms with Gasteiger partial charge >= 0.3 is 17.8 Å². The number of carbonyl (C=O) groups excluding carboxylic acids is 3. The minimum atomic E-state index is -0.792. The Kier molecular flexibility index (Phi) is 1.89. The van der Waals surface area contributed by atoms with Crippen LogP contribution in [0.4, 0.5) is 4.79 Å². The maximum atomic E-state index is 11.1. The van der Waals surface area contributed by atoms with Crippen LogP contribution in [0.25, 0.3) is 0 Å². The van der Waals surface area contributed by atoms with Crippen LogP contribution in [0.15, 0.2) is 4.99 Å². The van der Waals surface area contributed by atoms with Crippen molar-refractivity contribution in [3.05, 3.63) is 0 Å². The van der Waals surface area contributed by atoms with Gasteiger partial charge in [-0.2, -0.15) is 4.99 Å². The van der Waals surface area contributed by atoms with Crippen LogP contribution in [0.3, 0.4) is 0 Å². The van der Waals surface area contributed by atoms with Crippen LogP contribution in [0.2, 0.25) is 0 Å². The fourth-order valence-corrected chi connectivity index (χ4v) is 1.17. The third-order valence-corrected chi connectivity index (χ3v) is 1.96. The predicted octanol–water partition coefficient (Wildman–Crippen LogP) is 0.101. The van der Waals surface area contributed by atoms with E-state index in [0.717, 1.165) is 0 Å². The zero-order chi connectivity index (χ0) is 9.35. The summed E-state index contributed by atoms with van der Waals surface area (Å²) in [7, 11) is 0. The smallest absolute Gasteiger partial charge is 0.230 e. The quantitative estimate of drug-likeness (QED) is 0.483. The Morgan fingerprint density at radius 2 is 1.92 bits per heavy atom. The highest BCUT2D eigenvalue weighted by Crippen LogP contribution is 2.15. The summed E-state index contributed by atoms with van der Waals surface area (Å²) < 4.78 is -0.792. The first-order valence-corrected chi connectivity index (χ1v) is 3.49. The number of aliphatic imine (C=N–C) groups is 1. The van der Waals surface area contributed by atoms with Gasteiger partial charge in [-0.15, -0.1) is 4.48 Å². The van der Waals surface area contributed by atoms with E-state index >= 15 is 0 Å². The van der Waals surface area contributed by atoms with Gasteiger partial charge in [0.15, 0.2) is 0 Å². The van der Waals surface area contributed by atoms with Crippen LogP contribution in [-0.2, 0) is 9.59 Å². The molecular weight excluding hydrogens is 160 g/mol. The summed E-state index contributed by atoms with van der Waals surface area (Å²) >= 11 is 0. The average molecular weight is 169 g/mol. The second-order valence-electron chi connectivity index (χ2n) is 2.62. The summed E-state index contributed by atoms with van der Waals surface area (Å²) in [5, 5.41) is 0. The second kappa shape index (κ2) is 2.60. The number of carbonyl (C=O) groups is 3. The molecule has 1 rings (SSSR count). The number of imide groups is 3. The number of hydrogen-bond acceptors (Lipinski definition) is 3. The summed E-state index contributed by atoms with van der Waals surface area (Å²) in [5.41, 5.74) is 0. The van der Waals surface area contributed by atoms with Gasteiger partial charge in [-0.1, -0.05) is 0 Å². The summed E-state index contributed by atoms with van der Waals surface area (Å²) in [6, 6.07) is -0.685. The average Bonchev–Trinajstić information content (AvgIpc) is 2.31. The Labute approximate surface area is 69.3 Å². The molecule has 1 heterocycles. The highest BCUT2D eigenvalue weighted by molar-refractivity contribution is 6.02. The molecule has 4 amide bonds. The van der Waals surface area contributed by atoms with Gasteiger partial charge in [0.05, 0.1) is 20.1 Å². The maximum Gasteiger partial charge on any atom is 0.457 e. The minimum Gasteiger partial charge on any atom is -0.230 e. The van der Waals surface area contributed by atoms with Gasteiger partial charge in [0, 0.05) is 0 Å². The Morgan fingerprint density at radius 1 is 1.42 bits per heavy atom. The summed E-state index contributed by atoms with van der Waals surface area (Å²) in [4.78, 5) is 36.7. The van der Waals surface area contributed by atoms with Crippen LogP contribution < -0.4 is 0 Å². The van der Waals surface area contributed by atoms with E-state index in [1.807, 2.05) is 0 Å². The molecule has 12 heavy (non-hydrogen) atoms. The first kappa shape index (κ1) is 8.73. The van der Waals surface area contributed by atoms with Crippen molar-refractivity contribution in [2.24, 2.45) is 4.99 Å². The van der Waals surface area contributed by atoms with Gasteiger partial charge in [-0.05, 0) is 0 Å². The molecule has 0 aromatic heterocycles. The van der Waals surface area contributed by atoms with Crippen LogP contribution in [0, 0.1) is 0 Å². The fraction of sp³-hybridized carbons (Fsp3) is 0.429. The second-order valence-corrected chi connectivity index (χ2v) is 2.62. The summed E-state index contributed by atoms with van der Waals surface area (Å²) in [6.07, 6.45) is 1.30. The van der Waals surface area contributed by atoms with Gasteiger partial charge in [0.1, 0.15) is 6.54 Å². The number of urea groups is 1. The van der Waals surface area contributed by atoms with Crippen LogP contribution in [0.1, 0.15) is 13.8 Å². The molecule has 0 fully saturated rings. The van der Waals surface area contributed by atoms with Crippen molar-refractivity contribution in [1.82, 2.24) is 0 Å². The van der Waals surface area contributed by atoms with E-state index in [0.29, 0.717) is 0 Å². The SMILES string of the molecule is CC(=O)[N+]1(C(C)=O)CC=NC1=O. The van der Waals surface area contributed by atoms with Crippen molar-refractivity contribution < 1.29 is 18.9 Å². The van der Waals surface area contributed by atoms with Crippen LogP contribution >= 0.6 is 0 Å². The molecule has 0 bridgehead atoms. The number of hydrogen-bond donors (Lipinski definition) is 0. The minimum absolute atomic E-state index is 0.0590. The highest BCUT2D eigenvalue weighted by atomic mass is 16.2. The van der Waals surface area contributed by atoms with Crippen LogP contribution in [0.5, 0.6) is 0 Å². The topological polar surface area (TPSA) is 63.6 Å². The van der Waals surface area contributed by atoms with Crippen molar-refractivity contribution in [3.63, 3.8) is 0 Å². The van der Waals surface area contributed by atoms with E-state index in [4.69, 9.17) is 0 Å². The monoisotopic (exact) mass is 169 g/mol. The lowest BCUT2D eigenvalue weighted by molar-refractivity contribution is -0.677. The lowest BCUT2D eigenvalue weighted by atomic mass is 10.4. The number of rotatable bonds is 0. The lowest BCUT2D eigenvalue weighted by Gasteiger charge is -2.20. The third-order valence-electron chi connectivity index (χ3n) is 1.96. The van der Waals surface area contributed by atoms with E-state index in [-0.39, 0.29) is 6.54 Å².